The molecule has 0 fully saturated rings. The number of benzene rings is 2. The molecule has 0 atom stereocenters. The minimum absolute atomic E-state index is 0.0114. The minimum Gasteiger partial charge on any atom is -0.369 e. The zero-order valence-electron chi connectivity index (χ0n) is 9.87. The first-order chi connectivity index (χ1) is 9.47. The van der Waals surface area contributed by atoms with Crippen LogP contribution in [0.15, 0.2) is 34.8 Å². The number of hydrogen-bond donors (Lipinski definition) is 1. The maximum absolute atomic E-state index is 13.7. The van der Waals surface area contributed by atoms with Crippen LogP contribution < -0.4 is 5.73 Å². The van der Waals surface area contributed by atoms with Gasteiger partial charge in [0.2, 0.25) is 5.95 Å². The molecule has 1 aromatic heterocycles. The lowest BCUT2D eigenvalue weighted by molar-refractivity contribution is 0.629. The Morgan fingerprint density at radius 1 is 1.20 bits per heavy atom. The van der Waals surface area contributed by atoms with Crippen LogP contribution in [0.2, 0.25) is 10.0 Å². The molecule has 0 bridgehead atoms. The third kappa shape index (κ3) is 2.16. The number of nitrogens with zero attached hydrogens (tertiary/aromatic N) is 2. The number of aromatic nitrogens is 2. The molecule has 0 aliphatic heterocycles. The second-order valence-electron chi connectivity index (χ2n) is 4.16. The molecule has 0 amide bonds. The van der Waals surface area contributed by atoms with Crippen LogP contribution >= 0.6 is 39.1 Å². The summed E-state index contributed by atoms with van der Waals surface area (Å²) in [6.45, 7) is 0. The number of anilines is 1. The number of hydrogen-bond acceptors (Lipinski definition) is 2. The van der Waals surface area contributed by atoms with Crippen LogP contribution in [0, 0.1) is 5.82 Å². The van der Waals surface area contributed by atoms with Gasteiger partial charge in [0.1, 0.15) is 5.82 Å². The number of rotatable bonds is 1. The Balaban J connectivity index is 2.35. The van der Waals surface area contributed by atoms with Gasteiger partial charge in [0.25, 0.3) is 0 Å². The summed E-state index contributed by atoms with van der Waals surface area (Å²) >= 11 is 15.1. The van der Waals surface area contributed by atoms with Gasteiger partial charge in [-0.1, -0.05) is 23.2 Å². The summed E-state index contributed by atoms with van der Waals surface area (Å²) in [5.41, 5.74) is 7.70. The van der Waals surface area contributed by atoms with Gasteiger partial charge in [-0.2, -0.15) is 0 Å². The second-order valence-corrected chi connectivity index (χ2v) is 5.85. The van der Waals surface area contributed by atoms with Crippen LogP contribution in [0.25, 0.3) is 16.7 Å². The van der Waals surface area contributed by atoms with Crippen molar-refractivity contribution in [2.24, 2.45) is 0 Å². The molecule has 0 saturated heterocycles. The van der Waals surface area contributed by atoms with Crippen LogP contribution in [-0.4, -0.2) is 9.55 Å². The van der Waals surface area contributed by atoms with Crippen molar-refractivity contribution in [3.8, 4) is 5.69 Å². The summed E-state index contributed by atoms with van der Waals surface area (Å²) in [6, 6.07) is 7.98. The van der Waals surface area contributed by atoms with E-state index in [9.17, 15) is 4.39 Å². The maximum Gasteiger partial charge on any atom is 0.205 e. The quantitative estimate of drug-likeness (QED) is 0.663. The van der Waals surface area contributed by atoms with Crippen LogP contribution in [0.3, 0.4) is 0 Å². The molecule has 20 heavy (non-hydrogen) atoms. The Morgan fingerprint density at radius 3 is 2.65 bits per heavy atom. The first kappa shape index (κ1) is 13.7. The van der Waals surface area contributed by atoms with Gasteiger partial charge in [0, 0.05) is 15.6 Å². The smallest absolute Gasteiger partial charge is 0.205 e. The summed E-state index contributed by atoms with van der Waals surface area (Å²) in [7, 11) is 0. The Morgan fingerprint density at radius 2 is 1.95 bits per heavy atom. The van der Waals surface area contributed by atoms with Crippen LogP contribution in [0.5, 0.6) is 0 Å². The van der Waals surface area contributed by atoms with Gasteiger partial charge in [-0.3, -0.25) is 4.57 Å². The monoisotopic (exact) mass is 373 g/mol. The van der Waals surface area contributed by atoms with E-state index in [1.807, 2.05) is 0 Å². The lowest BCUT2D eigenvalue weighted by Gasteiger charge is -2.09. The molecule has 3 aromatic rings. The number of imidazole rings is 1. The van der Waals surface area contributed by atoms with Crippen molar-refractivity contribution >= 4 is 56.1 Å². The van der Waals surface area contributed by atoms with Gasteiger partial charge < -0.3 is 5.73 Å². The zero-order chi connectivity index (χ0) is 14.4. The molecule has 1 heterocycles. The molecule has 3 nitrogen and oxygen atoms in total. The predicted molar refractivity (Wildman–Crippen MR) is 83.2 cm³/mol. The lowest BCUT2D eigenvalue weighted by atomic mass is 10.2. The highest BCUT2D eigenvalue weighted by Gasteiger charge is 2.15. The summed E-state index contributed by atoms with van der Waals surface area (Å²) < 4.78 is 16.0. The van der Waals surface area contributed by atoms with E-state index in [0.717, 1.165) is 10.2 Å². The average Bonchev–Trinajstić information content (AvgIpc) is 2.66. The molecule has 2 N–H and O–H groups in total. The van der Waals surface area contributed by atoms with Crippen LogP contribution in [0.1, 0.15) is 0 Å². The van der Waals surface area contributed by atoms with Gasteiger partial charge in [0.05, 0.1) is 21.7 Å². The van der Waals surface area contributed by atoms with Crippen molar-refractivity contribution < 1.29 is 4.39 Å². The number of fused-ring (bicyclic) bond motifs is 1. The minimum atomic E-state index is -0.523. The highest BCUT2D eigenvalue weighted by atomic mass is 79.9. The molecule has 0 spiro atoms. The summed E-state index contributed by atoms with van der Waals surface area (Å²) in [5, 5.41) is 0.593. The van der Waals surface area contributed by atoms with E-state index < -0.39 is 5.82 Å². The Hall–Kier alpha value is -1.30. The highest BCUT2D eigenvalue weighted by molar-refractivity contribution is 9.10. The molecular weight excluding hydrogens is 368 g/mol. The third-order valence-corrected chi connectivity index (χ3v) is 4.03. The molecule has 0 unspecified atom stereocenters. The predicted octanol–water partition coefficient (Wildman–Crippen LogP) is 4.82. The first-order valence-electron chi connectivity index (χ1n) is 5.56. The Labute approximate surface area is 132 Å². The molecule has 7 heteroatoms. The second kappa shape index (κ2) is 4.91. The van der Waals surface area contributed by atoms with E-state index in [1.165, 1.54) is 12.1 Å². The van der Waals surface area contributed by atoms with Gasteiger partial charge in [0.15, 0.2) is 0 Å². The van der Waals surface area contributed by atoms with Crippen molar-refractivity contribution in [3.05, 3.63) is 50.7 Å². The number of nitrogens with two attached hydrogens (primary N) is 1. The molecule has 0 aliphatic rings. The van der Waals surface area contributed by atoms with Gasteiger partial charge in [-0.25, -0.2) is 9.37 Å². The SMILES string of the molecule is Nc1nc2cc(Cl)c(F)cc2n1-c1ccc(Cl)cc1Br. The standard InChI is InChI=1S/C13H7BrCl2FN3/c14-7-3-6(15)1-2-11(7)20-12-5-9(17)8(16)4-10(12)19-13(20)18/h1-5H,(H2,18,19). The van der Waals surface area contributed by atoms with Crippen molar-refractivity contribution in [3.63, 3.8) is 0 Å². The fraction of sp³-hybridized carbons (Fsp3) is 0. The summed E-state index contributed by atoms with van der Waals surface area (Å²) in [4.78, 5) is 4.19. The zero-order valence-corrected chi connectivity index (χ0v) is 13.0. The third-order valence-electron chi connectivity index (χ3n) is 2.87. The maximum atomic E-state index is 13.7. The largest absolute Gasteiger partial charge is 0.369 e. The number of nitrogen functional groups attached to an aromatic ring is 1. The summed E-state index contributed by atoms with van der Waals surface area (Å²) in [6.07, 6.45) is 0. The molecule has 0 aliphatic carbocycles. The first-order valence-corrected chi connectivity index (χ1v) is 7.10. The molecule has 0 radical (unpaired) electrons. The van der Waals surface area contributed by atoms with Gasteiger partial charge in [-0.05, 0) is 40.2 Å². The summed E-state index contributed by atoms with van der Waals surface area (Å²) in [5.74, 6) is -0.282. The topological polar surface area (TPSA) is 43.8 Å². The van der Waals surface area contributed by atoms with Crippen molar-refractivity contribution in [2.45, 2.75) is 0 Å². The lowest BCUT2D eigenvalue weighted by Crippen LogP contribution is -2.01. The highest BCUT2D eigenvalue weighted by Crippen LogP contribution is 2.32. The van der Waals surface area contributed by atoms with E-state index in [4.69, 9.17) is 28.9 Å². The Bertz CT molecular complexity index is 832. The van der Waals surface area contributed by atoms with Crippen molar-refractivity contribution in [1.29, 1.82) is 0 Å². The molecule has 3 rings (SSSR count). The van der Waals surface area contributed by atoms with E-state index in [0.29, 0.717) is 16.1 Å². The number of halogens is 4. The molecule has 0 saturated carbocycles. The molecular formula is C13H7BrCl2FN3. The normalized spacial score (nSPS) is 11.2. The average molecular weight is 375 g/mol. The fourth-order valence-electron chi connectivity index (χ4n) is 2.01. The van der Waals surface area contributed by atoms with E-state index in [2.05, 4.69) is 20.9 Å². The fourth-order valence-corrected chi connectivity index (χ4v) is 3.03. The van der Waals surface area contributed by atoms with Crippen molar-refractivity contribution in [1.82, 2.24) is 9.55 Å². The molecule has 2 aromatic carbocycles. The Kier molecular flexibility index (Phi) is 3.36. The van der Waals surface area contributed by atoms with E-state index in [-0.39, 0.29) is 11.0 Å². The van der Waals surface area contributed by atoms with Crippen LogP contribution in [0.4, 0.5) is 10.3 Å². The van der Waals surface area contributed by atoms with Gasteiger partial charge in [-0.15, -0.1) is 0 Å². The van der Waals surface area contributed by atoms with E-state index in [1.54, 1.807) is 22.8 Å². The van der Waals surface area contributed by atoms with E-state index >= 15 is 0 Å². The van der Waals surface area contributed by atoms with Gasteiger partial charge >= 0.3 is 0 Å². The van der Waals surface area contributed by atoms with Crippen LogP contribution in [-0.2, 0) is 0 Å². The van der Waals surface area contributed by atoms with Crippen molar-refractivity contribution in [2.75, 3.05) is 5.73 Å². The molecule has 102 valence electrons.